The zero-order chi connectivity index (χ0) is 22.5. The molecule has 3 rings (SSSR count). The Labute approximate surface area is 183 Å². The van der Waals surface area contributed by atoms with Crippen molar-refractivity contribution in [3.8, 4) is 17.2 Å². The van der Waals surface area contributed by atoms with Crippen molar-refractivity contribution >= 4 is 11.8 Å². The second-order valence-corrected chi connectivity index (χ2v) is 7.68. The highest BCUT2D eigenvalue weighted by Crippen LogP contribution is 2.50. The van der Waals surface area contributed by atoms with Crippen molar-refractivity contribution in [2.75, 3.05) is 27.9 Å². The maximum atomic E-state index is 13.2. The van der Waals surface area contributed by atoms with Crippen LogP contribution in [0.1, 0.15) is 57.4 Å². The van der Waals surface area contributed by atoms with Gasteiger partial charge in [0.05, 0.1) is 39.4 Å². The van der Waals surface area contributed by atoms with Gasteiger partial charge in [0.1, 0.15) is 0 Å². The van der Waals surface area contributed by atoms with E-state index in [-0.39, 0.29) is 5.78 Å². The molecule has 0 aromatic heterocycles. The van der Waals surface area contributed by atoms with Gasteiger partial charge in [-0.1, -0.05) is 19.4 Å². The standard InChI is InChI=1S/C24H31NO6/c1-6-7-13-31-24(27)19-14(2)25-16-9-8-10-17(26)21(16)20(19)15-11-12-18(28-3)23(30-5)22(15)29-4/h11-12,20,25H,6-10,13H2,1-5H3. The predicted molar refractivity (Wildman–Crippen MR) is 116 cm³/mol. The summed E-state index contributed by atoms with van der Waals surface area (Å²) in [4.78, 5) is 26.2. The molecule has 1 atom stereocenters. The molecule has 1 aliphatic carbocycles. The number of hydrogen-bond donors (Lipinski definition) is 1. The van der Waals surface area contributed by atoms with E-state index in [0.717, 1.165) is 31.4 Å². The van der Waals surface area contributed by atoms with Crippen LogP contribution in [0.5, 0.6) is 17.2 Å². The average molecular weight is 430 g/mol. The van der Waals surface area contributed by atoms with Gasteiger partial charge in [-0.05, 0) is 32.3 Å². The Hall–Kier alpha value is -2.96. The molecule has 0 saturated carbocycles. The van der Waals surface area contributed by atoms with Crippen molar-refractivity contribution in [2.45, 2.75) is 51.9 Å². The van der Waals surface area contributed by atoms with Gasteiger partial charge in [-0.15, -0.1) is 0 Å². The third-order valence-electron chi connectivity index (χ3n) is 5.77. The van der Waals surface area contributed by atoms with Crippen LogP contribution in [-0.2, 0) is 14.3 Å². The van der Waals surface area contributed by atoms with Gasteiger partial charge in [-0.25, -0.2) is 4.79 Å². The number of unbranched alkanes of at least 4 members (excludes halogenated alkanes) is 1. The number of benzene rings is 1. The molecule has 7 nitrogen and oxygen atoms in total. The van der Waals surface area contributed by atoms with E-state index in [4.69, 9.17) is 18.9 Å². The lowest BCUT2D eigenvalue weighted by Gasteiger charge is -2.35. The summed E-state index contributed by atoms with van der Waals surface area (Å²) in [6.07, 6.45) is 3.68. The van der Waals surface area contributed by atoms with E-state index in [0.29, 0.717) is 52.7 Å². The Morgan fingerprint density at radius 1 is 1.10 bits per heavy atom. The van der Waals surface area contributed by atoms with Crippen molar-refractivity contribution in [3.63, 3.8) is 0 Å². The summed E-state index contributed by atoms with van der Waals surface area (Å²) in [7, 11) is 4.62. The summed E-state index contributed by atoms with van der Waals surface area (Å²) in [5.74, 6) is 0.363. The minimum absolute atomic E-state index is 0.0296. The monoisotopic (exact) mass is 429 g/mol. The van der Waals surface area contributed by atoms with Gasteiger partial charge in [0, 0.05) is 29.0 Å². The first-order valence-electron chi connectivity index (χ1n) is 10.7. The molecule has 168 valence electrons. The normalized spacial score (nSPS) is 18.4. The number of dihydropyridines is 1. The maximum Gasteiger partial charge on any atom is 0.336 e. The van der Waals surface area contributed by atoms with E-state index < -0.39 is 11.9 Å². The van der Waals surface area contributed by atoms with Gasteiger partial charge in [-0.2, -0.15) is 0 Å². The van der Waals surface area contributed by atoms with Gasteiger partial charge in [0.25, 0.3) is 0 Å². The fourth-order valence-corrected chi connectivity index (χ4v) is 4.30. The number of allylic oxidation sites excluding steroid dienone is 3. The number of methoxy groups -OCH3 is 3. The fourth-order valence-electron chi connectivity index (χ4n) is 4.30. The average Bonchev–Trinajstić information content (AvgIpc) is 2.77. The van der Waals surface area contributed by atoms with E-state index in [9.17, 15) is 9.59 Å². The molecule has 1 aromatic rings. The minimum atomic E-state index is -0.604. The molecular formula is C24H31NO6. The second kappa shape index (κ2) is 9.90. The number of carbonyl (C=O) groups excluding carboxylic acids is 2. The Balaban J connectivity index is 2.20. The highest BCUT2D eigenvalue weighted by atomic mass is 16.5. The Kier molecular flexibility index (Phi) is 7.25. The molecule has 0 saturated heterocycles. The van der Waals surface area contributed by atoms with Crippen LogP contribution in [0.3, 0.4) is 0 Å². The summed E-state index contributed by atoms with van der Waals surface area (Å²) in [6.45, 7) is 4.22. The number of nitrogens with one attached hydrogen (secondary N) is 1. The quantitative estimate of drug-likeness (QED) is 0.493. The van der Waals surface area contributed by atoms with Crippen molar-refractivity contribution in [1.82, 2.24) is 5.32 Å². The SMILES string of the molecule is CCCCOC(=O)C1=C(C)NC2=C(C(=O)CCC2)C1c1ccc(OC)c(OC)c1OC. The lowest BCUT2D eigenvalue weighted by atomic mass is 9.75. The van der Waals surface area contributed by atoms with E-state index in [1.807, 2.05) is 19.9 Å². The highest BCUT2D eigenvalue weighted by Gasteiger charge is 2.41. The van der Waals surface area contributed by atoms with Crippen LogP contribution < -0.4 is 19.5 Å². The number of carbonyl (C=O) groups is 2. The molecular weight excluding hydrogens is 398 g/mol. The summed E-state index contributed by atoms with van der Waals surface area (Å²) in [6, 6.07) is 3.59. The molecule has 2 aliphatic rings. The molecule has 7 heteroatoms. The predicted octanol–water partition coefficient (Wildman–Crippen LogP) is 4.02. The second-order valence-electron chi connectivity index (χ2n) is 7.68. The van der Waals surface area contributed by atoms with Crippen molar-refractivity contribution in [3.05, 3.63) is 40.2 Å². The number of ether oxygens (including phenoxy) is 4. The van der Waals surface area contributed by atoms with Crippen LogP contribution in [-0.4, -0.2) is 39.7 Å². The Morgan fingerprint density at radius 3 is 2.48 bits per heavy atom. The molecule has 1 aliphatic heterocycles. The molecule has 1 aromatic carbocycles. The maximum absolute atomic E-state index is 13.2. The van der Waals surface area contributed by atoms with E-state index in [1.165, 1.54) is 14.2 Å². The topological polar surface area (TPSA) is 83.1 Å². The largest absolute Gasteiger partial charge is 0.493 e. The minimum Gasteiger partial charge on any atom is -0.493 e. The number of rotatable bonds is 8. The molecule has 31 heavy (non-hydrogen) atoms. The van der Waals surface area contributed by atoms with Crippen molar-refractivity contribution in [2.24, 2.45) is 0 Å². The van der Waals surface area contributed by atoms with Crippen molar-refractivity contribution < 1.29 is 28.5 Å². The molecule has 0 fully saturated rings. The number of esters is 1. The summed E-state index contributed by atoms with van der Waals surface area (Å²) in [5, 5.41) is 3.30. The van der Waals surface area contributed by atoms with Crippen LogP contribution in [0.15, 0.2) is 34.7 Å². The van der Waals surface area contributed by atoms with Gasteiger partial charge >= 0.3 is 5.97 Å². The van der Waals surface area contributed by atoms with E-state index in [2.05, 4.69) is 5.32 Å². The lowest BCUT2D eigenvalue weighted by molar-refractivity contribution is -0.139. The zero-order valence-electron chi connectivity index (χ0n) is 18.9. The Bertz CT molecular complexity index is 930. The van der Waals surface area contributed by atoms with E-state index in [1.54, 1.807) is 13.2 Å². The molecule has 1 N–H and O–H groups in total. The van der Waals surface area contributed by atoms with Gasteiger partial charge in [0.15, 0.2) is 17.3 Å². The first kappa shape index (κ1) is 22.7. The lowest BCUT2D eigenvalue weighted by Crippen LogP contribution is -2.34. The fraction of sp³-hybridized carbons (Fsp3) is 0.500. The molecule has 1 heterocycles. The molecule has 1 unspecified atom stereocenters. The van der Waals surface area contributed by atoms with Crippen LogP contribution in [0.4, 0.5) is 0 Å². The van der Waals surface area contributed by atoms with Crippen LogP contribution >= 0.6 is 0 Å². The first-order chi connectivity index (χ1) is 15.0. The number of ketones is 1. The summed E-state index contributed by atoms with van der Waals surface area (Å²) >= 11 is 0. The number of Topliss-reactive ketones (excluding diaryl/α,β-unsaturated/α-hetero) is 1. The summed E-state index contributed by atoms with van der Waals surface area (Å²) < 4.78 is 22.2. The van der Waals surface area contributed by atoms with Gasteiger partial charge in [-0.3, -0.25) is 4.79 Å². The third kappa shape index (κ3) is 4.27. The highest BCUT2D eigenvalue weighted by molar-refractivity contribution is 6.04. The molecule has 0 bridgehead atoms. The number of hydrogen-bond acceptors (Lipinski definition) is 7. The van der Waals surface area contributed by atoms with Crippen LogP contribution in [0.25, 0.3) is 0 Å². The third-order valence-corrected chi connectivity index (χ3v) is 5.77. The first-order valence-corrected chi connectivity index (χ1v) is 10.7. The van der Waals surface area contributed by atoms with Gasteiger partial charge in [0.2, 0.25) is 5.75 Å². The molecule has 0 amide bonds. The van der Waals surface area contributed by atoms with Crippen LogP contribution in [0.2, 0.25) is 0 Å². The van der Waals surface area contributed by atoms with Crippen molar-refractivity contribution in [1.29, 1.82) is 0 Å². The van der Waals surface area contributed by atoms with Crippen LogP contribution in [0, 0.1) is 0 Å². The smallest absolute Gasteiger partial charge is 0.336 e. The van der Waals surface area contributed by atoms with Gasteiger partial charge < -0.3 is 24.3 Å². The zero-order valence-corrected chi connectivity index (χ0v) is 18.9. The summed E-state index contributed by atoms with van der Waals surface area (Å²) in [5.41, 5.74) is 3.25. The Morgan fingerprint density at radius 2 is 1.84 bits per heavy atom. The van der Waals surface area contributed by atoms with E-state index >= 15 is 0 Å². The molecule has 0 radical (unpaired) electrons. The molecule has 0 spiro atoms.